The van der Waals surface area contributed by atoms with Gasteiger partial charge in [-0.3, -0.25) is 9.69 Å². The molecule has 0 fully saturated rings. The number of primary amides is 1. The number of hydrogen-bond donors (Lipinski definition) is 1. The normalized spacial score (nSPS) is 12.3. The molecule has 1 atom stereocenters. The summed E-state index contributed by atoms with van der Waals surface area (Å²) in [7, 11) is 1.91. The molecule has 2 N–H and O–H groups in total. The molecule has 2 rings (SSSR count). The second-order valence-corrected chi connectivity index (χ2v) is 5.67. The molecule has 0 heterocycles. The van der Waals surface area contributed by atoms with E-state index in [1.165, 1.54) is 0 Å². The van der Waals surface area contributed by atoms with Gasteiger partial charge in [-0.25, -0.2) is 0 Å². The van der Waals surface area contributed by atoms with Crippen LogP contribution in [0.5, 0.6) is 0 Å². The molecular weight excluding hydrogens is 316 g/mol. The zero-order valence-corrected chi connectivity index (χ0v) is 12.9. The number of likely N-dealkylation sites (N-methyl/N-ethyl adjacent to an activating group) is 1. The van der Waals surface area contributed by atoms with Crippen molar-refractivity contribution in [2.75, 3.05) is 7.05 Å². The Labute approximate surface area is 127 Å². The fourth-order valence-corrected chi connectivity index (χ4v) is 2.50. The molecule has 0 aromatic heterocycles. The van der Waals surface area contributed by atoms with E-state index in [0.717, 1.165) is 15.6 Å². The Morgan fingerprint density at radius 1 is 1.15 bits per heavy atom. The highest BCUT2D eigenvalue weighted by Crippen LogP contribution is 2.21. The van der Waals surface area contributed by atoms with Crippen LogP contribution < -0.4 is 5.73 Å². The highest BCUT2D eigenvalue weighted by Gasteiger charge is 2.22. The third-order valence-electron chi connectivity index (χ3n) is 3.17. The smallest absolute Gasteiger partial charge is 0.239 e. The number of nitrogens with two attached hydrogens (primary N) is 1. The van der Waals surface area contributed by atoms with Crippen LogP contribution >= 0.6 is 15.9 Å². The number of amides is 1. The molecule has 4 heteroatoms. The zero-order valence-electron chi connectivity index (χ0n) is 11.3. The Bertz CT molecular complexity index is 569. The molecular formula is C16H17BrN2O. The van der Waals surface area contributed by atoms with Crippen molar-refractivity contribution in [3.63, 3.8) is 0 Å². The number of hydrogen-bond acceptors (Lipinski definition) is 2. The number of carbonyl (C=O) groups is 1. The summed E-state index contributed by atoms with van der Waals surface area (Å²) in [6, 6.07) is 17.2. The van der Waals surface area contributed by atoms with Gasteiger partial charge in [0.25, 0.3) is 0 Å². The molecule has 0 radical (unpaired) electrons. The van der Waals surface area contributed by atoms with Gasteiger partial charge in [-0.1, -0.05) is 58.4 Å². The van der Waals surface area contributed by atoms with E-state index in [2.05, 4.69) is 15.9 Å². The van der Waals surface area contributed by atoms with Crippen LogP contribution in [-0.2, 0) is 11.3 Å². The van der Waals surface area contributed by atoms with Crippen LogP contribution in [0.25, 0.3) is 0 Å². The predicted octanol–water partition coefficient (Wildman–Crippen LogP) is 3.11. The van der Waals surface area contributed by atoms with Crippen molar-refractivity contribution < 1.29 is 4.79 Å². The summed E-state index contributed by atoms with van der Waals surface area (Å²) in [6.07, 6.45) is 0. The first-order chi connectivity index (χ1) is 9.58. The van der Waals surface area contributed by atoms with Gasteiger partial charge in [0.05, 0.1) is 0 Å². The summed E-state index contributed by atoms with van der Waals surface area (Å²) in [6.45, 7) is 0.662. The molecule has 20 heavy (non-hydrogen) atoms. The average Bonchev–Trinajstić information content (AvgIpc) is 2.42. The van der Waals surface area contributed by atoms with Crippen LogP contribution in [0.4, 0.5) is 0 Å². The minimum atomic E-state index is -0.417. The summed E-state index contributed by atoms with van der Waals surface area (Å²) >= 11 is 3.41. The van der Waals surface area contributed by atoms with Crippen LogP contribution in [0.3, 0.4) is 0 Å². The fraction of sp³-hybridized carbons (Fsp3) is 0.188. The van der Waals surface area contributed by atoms with Crippen LogP contribution in [0.15, 0.2) is 59.1 Å². The SMILES string of the molecule is CN(Cc1ccc(Br)cc1)C(C(N)=O)c1ccccc1. The van der Waals surface area contributed by atoms with E-state index >= 15 is 0 Å². The van der Waals surface area contributed by atoms with Gasteiger partial charge in [-0.2, -0.15) is 0 Å². The second kappa shape index (κ2) is 6.68. The lowest BCUT2D eigenvalue weighted by molar-refractivity contribution is -0.123. The Morgan fingerprint density at radius 3 is 2.30 bits per heavy atom. The standard InChI is InChI=1S/C16H17BrN2O/c1-19(11-12-7-9-14(17)10-8-12)15(16(18)20)13-5-3-2-4-6-13/h2-10,15H,11H2,1H3,(H2,18,20). The van der Waals surface area contributed by atoms with E-state index in [0.29, 0.717) is 6.54 Å². The molecule has 3 nitrogen and oxygen atoms in total. The predicted molar refractivity (Wildman–Crippen MR) is 84.0 cm³/mol. The molecule has 0 spiro atoms. The fourth-order valence-electron chi connectivity index (χ4n) is 2.24. The topological polar surface area (TPSA) is 46.3 Å². The van der Waals surface area contributed by atoms with Crippen LogP contribution in [0.2, 0.25) is 0 Å². The maximum Gasteiger partial charge on any atom is 0.239 e. The van der Waals surface area contributed by atoms with Gasteiger partial charge in [0.15, 0.2) is 0 Å². The van der Waals surface area contributed by atoms with E-state index in [-0.39, 0.29) is 5.91 Å². The monoisotopic (exact) mass is 332 g/mol. The van der Waals surface area contributed by atoms with E-state index < -0.39 is 6.04 Å². The molecule has 1 amide bonds. The zero-order chi connectivity index (χ0) is 14.5. The molecule has 0 bridgehead atoms. The van der Waals surface area contributed by atoms with Crippen LogP contribution in [-0.4, -0.2) is 17.9 Å². The maximum absolute atomic E-state index is 11.8. The van der Waals surface area contributed by atoms with Gasteiger partial charge in [-0.15, -0.1) is 0 Å². The first-order valence-electron chi connectivity index (χ1n) is 6.37. The highest BCUT2D eigenvalue weighted by molar-refractivity contribution is 9.10. The Morgan fingerprint density at radius 2 is 1.75 bits per heavy atom. The van der Waals surface area contributed by atoms with Crippen molar-refractivity contribution in [1.82, 2.24) is 4.90 Å². The van der Waals surface area contributed by atoms with Gasteiger partial charge in [0.1, 0.15) is 6.04 Å². The van der Waals surface area contributed by atoms with E-state index in [1.807, 2.05) is 66.5 Å². The number of rotatable bonds is 5. The van der Waals surface area contributed by atoms with Gasteiger partial charge in [0.2, 0.25) is 5.91 Å². The molecule has 0 saturated carbocycles. The number of carbonyl (C=O) groups excluding carboxylic acids is 1. The van der Waals surface area contributed by atoms with Gasteiger partial charge in [0, 0.05) is 11.0 Å². The van der Waals surface area contributed by atoms with E-state index in [1.54, 1.807) is 0 Å². The van der Waals surface area contributed by atoms with Crippen molar-refractivity contribution in [1.29, 1.82) is 0 Å². The minimum Gasteiger partial charge on any atom is -0.368 e. The van der Waals surface area contributed by atoms with Crippen molar-refractivity contribution in [3.8, 4) is 0 Å². The van der Waals surface area contributed by atoms with Crippen LogP contribution in [0.1, 0.15) is 17.2 Å². The van der Waals surface area contributed by atoms with Gasteiger partial charge >= 0.3 is 0 Å². The maximum atomic E-state index is 11.8. The summed E-state index contributed by atoms with van der Waals surface area (Å²) in [5, 5.41) is 0. The Balaban J connectivity index is 2.18. The largest absolute Gasteiger partial charge is 0.368 e. The van der Waals surface area contributed by atoms with E-state index in [9.17, 15) is 4.79 Å². The van der Waals surface area contributed by atoms with E-state index in [4.69, 9.17) is 5.73 Å². The molecule has 2 aromatic carbocycles. The molecule has 0 aliphatic carbocycles. The Hall–Kier alpha value is -1.65. The minimum absolute atomic E-state index is 0.337. The molecule has 0 saturated heterocycles. The first-order valence-corrected chi connectivity index (χ1v) is 7.16. The summed E-state index contributed by atoms with van der Waals surface area (Å²) in [5.41, 5.74) is 7.61. The summed E-state index contributed by atoms with van der Waals surface area (Å²) in [4.78, 5) is 13.7. The van der Waals surface area contributed by atoms with Gasteiger partial charge < -0.3 is 5.73 Å². The number of halogens is 1. The average molecular weight is 333 g/mol. The first kappa shape index (κ1) is 14.8. The van der Waals surface area contributed by atoms with Crippen LogP contribution in [0, 0.1) is 0 Å². The summed E-state index contributed by atoms with van der Waals surface area (Å²) < 4.78 is 1.04. The number of nitrogens with zero attached hydrogens (tertiary/aromatic N) is 1. The molecule has 0 aliphatic rings. The van der Waals surface area contributed by atoms with Crippen molar-refractivity contribution >= 4 is 21.8 Å². The lowest BCUT2D eigenvalue weighted by Gasteiger charge is -2.26. The Kier molecular flexibility index (Phi) is 4.93. The van der Waals surface area contributed by atoms with Crippen molar-refractivity contribution in [3.05, 3.63) is 70.2 Å². The quantitative estimate of drug-likeness (QED) is 0.914. The number of benzene rings is 2. The molecule has 0 aliphatic heterocycles. The summed E-state index contributed by atoms with van der Waals surface area (Å²) in [5.74, 6) is -0.337. The lowest BCUT2D eigenvalue weighted by atomic mass is 10.0. The molecule has 1 unspecified atom stereocenters. The highest BCUT2D eigenvalue weighted by atomic mass is 79.9. The second-order valence-electron chi connectivity index (χ2n) is 4.76. The van der Waals surface area contributed by atoms with Crippen molar-refractivity contribution in [2.45, 2.75) is 12.6 Å². The van der Waals surface area contributed by atoms with Crippen molar-refractivity contribution in [2.24, 2.45) is 5.73 Å². The van der Waals surface area contributed by atoms with Gasteiger partial charge in [-0.05, 0) is 30.3 Å². The third-order valence-corrected chi connectivity index (χ3v) is 3.70. The lowest BCUT2D eigenvalue weighted by Crippen LogP contribution is -2.34. The molecule has 2 aromatic rings. The molecule has 104 valence electrons. The third kappa shape index (κ3) is 3.68.